The maximum absolute atomic E-state index is 12.0. The minimum atomic E-state index is -3.14. The highest BCUT2D eigenvalue weighted by Crippen LogP contribution is 2.22. The predicted molar refractivity (Wildman–Crippen MR) is 79.3 cm³/mol. The fourth-order valence-electron chi connectivity index (χ4n) is 2.04. The average molecular weight is 293 g/mol. The van der Waals surface area contributed by atoms with E-state index in [1.807, 2.05) is 12.1 Å². The molecule has 0 saturated carbocycles. The fraction of sp³-hybridized carbons (Fsp3) is 0.400. The summed E-state index contributed by atoms with van der Waals surface area (Å²) in [5.74, 6) is -0.309. The quantitative estimate of drug-likeness (QED) is 0.907. The second-order valence-electron chi connectivity index (χ2n) is 6.07. The third-order valence-electron chi connectivity index (χ3n) is 3.26. The van der Waals surface area contributed by atoms with Crippen LogP contribution < -0.4 is 5.32 Å². The van der Waals surface area contributed by atoms with Crippen molar-refractivity contribution in [3.8, 4) is 0 Å². The molecule has 2 rings (SSSR count). The molecule has 1 aromatic rings. The van der Waals surface area contributed by atoms with Crippen LogP contribution in [0.3, 0.4) is 0 Å². The molecule has 1 aliphatic heterocycles. The molecule has 1 heterocycles. The van der Waals surface area contributed by atoms with E-state index < -0.39 is 15.9 Å². The molecular formula is C15H19NO3S. The maximum Gasteiger partial charge on any atom is 0.251 e. The van der Waals surface area contributed by atoms with Crippen LogP contribution in [0.1, 0.15) is 36.7 Å². The van der Waals surface area contributed by atoms with Gasteiger partial charge in [0.1, 0.15) is 0 Å². The van der Waals surface area contributed by atoms with Crippen LogP contribution >= 0.6 is 0 Å². The first-order chi connectivity index (χ1) is 9.17. The Morgan fingerprint density at radius 2 is 1.80 bits per heavy atom. The summed E-state index contributed by atoms with van der Waals surface area (Å²) < 4.78 is 22.6. The molecule has 108 valence electrons. The third kappa shape index (κ3) is 3.48. The Kier molecular flexibility index (Phi) is 3.73. The summed E-state index contributed by atoms with van der Waals surface area (Å²) in [7, 11) is -3.14. The Morgan fingerprint density at radius 3 is 2.25 bits per heavy atom. The van der Waals surface area contributed by atoms with Crippen molar-refractivity contribution in [2.75, 3.05) is 5.75 Å². The van der Waals surface area contributed by atoms with Crippen LogP contribution in [0.15, 0.2) is 35.7 Å². The van der Waals surface area contributed by atoms with Crippen LogP contribution in [-0.4, -0.2) is 26.1 Å². The SMILES string of the molecule is CC(C)(C)c1ccc(C(=O)NC2C=CS(=O)(=O)C2)cc1. The smallest absolute Gasteiger partial charge is 0.251 e. The summed E-state index contributed by atoms with van der Waals surface area (Å²) in [5.41, 5.74) is 1.73. The van der Waals surface area contributed by atoms with Crippen molar-refractivity contribution in [3.05, 3.63) is 46.9 Å². The third-order valence-corrected chi connectivity index (χ3v) is 4.66. The molecule has 1 N–H and O–H groups in total. The topological polar surface area (TPSA) is 63.2 Å². The highest BCUT2D eigenvalue weighted by atomic mass is 32.2. The van der Waals surface area contributed by atoms with Crippen molar-refractivity contribution < 1.29 is 13.2 Å². The number of hydrogen-bond donors (Lipinski definition) is 1. The Bertz CT molecular complexity index is 637. The van der Waals surface area contributed by atoms with E-state index in [1.165, 1.54) is 6.08 Å². The molecule has 5 heteroatoms. The van der Waals surface area contributed by atoms with E-state index in [4.69, 9.17) is 0 Å². The lowest BCUT2D eigenvalue weighted by molar-refractivity contribution is 0.0947. The van der Waals surface area contributed by atoms with Crippen LogP contribution in [0.25, 0.3) is 0 Å². The van der Waals surface area contributed by atoms with E-state index in [2.05, 4.69) is 26.1 Å². The van der Waals surface area contributed by atoms with Crippen molar-refractivity contribution >= 4 is 15.7 Å². The van der Waals surface area contributed by atoms with Crippen LogP contribution in [-0.2, 0) is 15.3 Å². The molecule has 0 aliphatic carbocycles. The first-order valence-corrected chi connectivity index (χ1v) is 8.21. The van der Waals surface area contributed by atoms with Crippen LogP contribution in [0.4, 0.5) is 0 Å². The van der Waals surface area contributed by atoms with Gasteiger partial charge in [-0.05, 0) is 29.2 Å². The summed E-state index contributed by atoms with van der Waals surface area (Å²) in [4.78, 5) is 12.0. The summed E-state index contributed by atoms with van der Waals surface area (Å²) in [6.45, 7) is 6.32. The van der Waals surface area contributed by atoms with Gasteiger partial charge in [0, 0.05) is 11.0 Å². The standard InChI is InChI=1S/C15H19NO3S/c1-15(2,3)12-6-4-11(5-7-12)14(17)16-13-8-9-20(18,19)10-13/h4-9,13H,10H2,1-3H3,(H,16,17). The zero-order chi connectivity index (χ0) is 15.0. The molecule has 1 aromatic carbocycles. The summed E-state index contributed by atoms with van der Waals surface area (Å²) in [5, 5.41) is 3.86. The fourth-order valence-corrected chi connectivity index (χ4v) is 3.27. The highest BCUT2D eigenvalue weighted by molar-refractivity contribution is 7.94. The Labute approximate surface area is 119 Å². The molecule has 1 amide bonds. The normalized spacial score (nSPS) is 20.9. The van der Waals surface area contributed by atoms with Crippen LogP contribution in [0, 0.1) is 0 Å². The molecule has 0 bridgehead atoms. The number of benzene rings is 1. The molecule has 1 aliphatic rings. The van der Waals surface area contributed by atoms with Crippen molar-refractivity contribution in [2.45, 2.75) is 32.2 Å². The maximum atomic E-state index is 12.0. The van der Waals surface area contributed by atoms with Gasteiger partial charge < -0.3 is 5.32 Å². The second kappa shape index (κ2) is 5.05. The van der Waals surface area contributed by atoms with Crippen LogP contribution in [0.5, 0.6) is 0 Å². The largest absolute Gasteiger partial charge is 0.345 e. The minimum Gasteiger partial charge on any atom is -0.345 e. The van der Waals surface area contributed by atoms with Gasteiger partial charge in [0.2, 0.25) is 0 Å². The predicted octanol–water partition coefficient (Wildman–Crippen LogP) is 2.02. The van der Waals surface area contributed by atoms with Gasteiger partial charge in [-0.2, -0.15) is 0 Å². The number of amides is 1. The summed E-state index contributed by atoms with van der Waals surface area (Å²) >= 11 is 0. The lowest BCUT2D eigenvalue weighted by Crippen LogP contribution is -2.35. The van der Waals surface area contributed by atoms with Gasteiger partial charge in [0.25, 0.3) is 5.91 Å². The Morgan fingerprint density at radius 1 is 1.20 bits per heavy atom. The van der Waals surface area contributed by atoms with Gasteiger partial charge >= 0.3 is 0 Å². The van der Waals surface area contributed by atoms with E-state index >= 15 is 0 Å². The molecule has 0 aromatic heterocycles. The molecule has 0 fully saturated rings. The lowest BCUT2D eigenvalue weighted by Gasteiger charge is -2.19. The van der Waals surface area contributed by atoms with Gasteiger partial charge in [-0.15, -0.1) is 0 Å². The van der Waals surface area contributed by atoms with E-state index in [0.717, 1.165) is 11.0 Å². The molecular weight excluding hydrogens is 274 g/mol. The van der Waals surface area contributed by atoms with E-state index in [0.29, 0.717) is 5.56 Å². The van der Waals surface area contributed by atoms with E-state index in [9.17, 15) is 13.2 Å². The zero-order valence-electron chi connectivity index (χ0n) is 11.9. The lowest BCUT2D eigenvalue weighted by atomic mass is 9.86. The van der Waals surface area contributed by atoms with Gasteiger partial charge in [-0.25, -0.2) is 8.42 Å². The van der Waals surface area contributed by atoms with Gasteiger partial charge in [-0.1, -0.05) is 32.9 Å². The number of hydrogen-bond acceptors (Lipinski definition) is 3. The molecule has 1 atom stereocenters. The Hall–Kier alpha value is -1.62. The minimum absolute atomic E-state index is 0.0390. The number of sulfone groups is 1. The number of nitrogens with one attached hydrogen (secondary N) is 1. The number of carbonyl (C=O) groups excluding carboxylic acids is 1. The van der Waals surface area contributed by atoms with Gasteiger partial charge in [0.05, 0.1) is 11.8 Å². The molecule has 0 radical (unpaired) electrons. The van der Waals surface area contributed by atoms with Gasteiger partial charge in [-0.3, -0.25) is 4.79 Å². The van der Waals surface area contributed by atoms with E-state index in [-0.39, 0.29) is 17.1 Å². The molecule has 1 unspecified atom stereocenters. The summed E-state index contributed by atoms with van der Waals surface area (Å²) in [6.07, 6.45) is 1.51. The van der Waals surface area contributed by atoms with E-state index in [1.54, 1.807) is 12.1 Å². The second-order valence-corrected chi connectivity index (χ2v) is 8.00. The Balaban J connectivity index is 2.06. The van der Waals surface area contributed by atoms with Crippen LogP contribution in [0.2, 0.25) is 0 Å². The number of rotatable bonds is 2. The first-order valence-electron chi connectivity index (χ1n) is 6.50. The van der Waals surface area contributed by atoms with Gasteiger partial charge in [0.15, 0.2) is 9.84 Å². The van der Waals surface area contributed by atoms with Crippen molar-refractivity contribution in [2.24, 2.45) is 0 Å². The van der Waals surface area contributed by atoms with Crippen molar-refractivity contribution in [3.63, 3.8) is 0 Å². The first kappa shape index (κ1) is 14.8. The molecule has 20 heavy (non-hydrogen) atoms. The molecule has 4 nitrogen and oxygen atoms in total. The summed E-state index contributed by atoms with van der Waals surface area (Å²) in [6, 6.07) is 6.95. The molecule has 0 saturated heterocycles. The average Bonchev–Trinajstić information content (AvgIpc) is 2.67. The van der Waals surface area contributed by atoms with Crippen molar-refractivity contribution in [1.82, 2.24) is 5.32 Å². The number of carbonyl (C=O) groups is 1. The molecule has 0 spiro atoms. The monoisotopic (exact) mass is 293 g/mol. The zero-order valence-corrected chi connectivity index (χ0v) is 12.7. The highest BCUT2D eigenvalue weighted by Gasteiger charge is 2.23. The van der Waals surface area contributed by atoms with Crippen molar-refractivity contribution in [1.29, 1.82) is 0 Å².